The largest absolute Gasteiger partial charge is 0.337 e. The Bertz CT molecular complexity index is 1160. The number of halogens is 1. The third-order valence-electron chi connectivity index (χ3n) is 4.65. The predicted molar refractivity (Wildman–Crippen MR) is 105 cm³/mol. The van der Waals surface area contributed by atoms with Crippen LogP contribution in [0.1, 0.15) is 34.8 Å². The highest BCUT2D eigenvalue weighted by molar-refractivity contribution is 9.10. The molecule has 8 heteroatoms. The van der Waals surface area contributed by atoms with Crippen molar-refractivity contribution in [1.82, 2.24) is 19.4 Å². The molecule has 4 rings (SSSR count). The Morgan fingerprint density at radius 3 is 2.78 bits per heavy atom. The van der Waals surface area contributed by atoms with E-state index in [0.29, 0.717) is 17.8 Å². The average molecular weight is 429 g/mol. The molecule has 0 spiro atoms. The minimum Gasteiger partial charge on any atom is -0.337 e. The van der Waals surface area contributed by atoms with Crippen LogP contribution in [0.15, 0.2) is 50.6 Å². The Labute approximate surface area is 162 Å². The van der Waals surface area contributed by atoms with Gasteiger partial charge in [-0.25, -0.2) is 9.78 Å². The summed E-state index contributed by atoms with van der Waals surface area (Å²) >= 11 is 3.48. The lowest BCUT2D eigenvalue weighted by molar-refractivity contribution is 0.0784. The van der Waals surface area contributed by atoms with Gasteiger partial charge in [0.2, 0.25) is 0 Å². The van der Waals surface area contributed by atoms with Gasteiger partial charge >= 0.3 is 5.69 Å². The second-order valence-corrected chi connectivity index (χ2v) is 7.56. The van der Waals surface area contributed by atoms with Crippen LogP contribution in [-0.4, -0.2) is 32.4 Å². The summed E-state index contributed by atoms with van der Waals surface area (Å²) in [6.45, 7) is 0.413. The van der Waals surface area contributed by atoms with Crippen molar-refractivity contribution in [2.45, 2.75) is 25.4 Å². The number of H-pyrrole nitrogens is 1. The molecule has 138 valence electrons. The first kappa shape index (κ1) is 17.7. The molecule has 1 aliphatic rings. The molecular formula is C19H17BrN4O3. The maximum Gasteiger partial charge on any atom is 0.330 e. The number of carbonyl (C=O) groups is 1. The molecule has 0 unspecified atom stereocenters. The molecule has 0 aliphatic heterocycles. The molecule has 1 aliphatic carbocycles. The number of nitrogens with zero attached hydrogens (tertiary/aromatic N) is 3. The van der Waals surface area contributed by atoms with Crippen molar-refractivity contribution in [2.75, 3.05) is 7.05 Å². The molecule has 1 N–H and O–H groups in total. The lowest BCUT2D eigenvalue weighted by Gasteiger charge is -2.18. The van der Waals surface area contributed by atoms with Crippen molar-refractivity contribution in [2.24, 2.45) is 0 Å². The molecule has 1 aromatic carbocycles. The molecule has 0 bridgehead atoms. The first-order valence-corrected chi connectivity index (χ1v) is 9.38. The second kappa shape index (κ2) is 6.77. The Hall–Kier alpha value is -2.74. The van der Waals surface area contributed by atoms with Crippen molar-refractivity contribution >= 4 is 32.9 Å². The normalized spacial score (nSPS) is 13.7. The molecule has 1 fully saturated rings. The van der Waals surface area contributed by atoms with E-state index in [-0.39, 0.29) is 17.3 Å². The van der Waals surface area contributed by atoms with Gasteiger partial charge in [0.05, 0.1) is 10.9 Å². The van der Waals surface area contributed by atoms with E-state index >= 15 is 0 Å². The summed E-state index contributed by atoms with van der Waals surface area (Å²) in [5.41, 5.74) is 0.637. The van der Waals surface area contributed by atoms with E-state index in [0.717, 1.165) is 22.9 Å². The average Bonchev–Trinajstić information content (AvgIpc) is 3.47. The van der Waals surface area contributed by atoms with E-state index in [1.54, 1.807) is 11.9 Å². The van der Waals surface area contributed by atoms with Crippen LogP contribution in [0.4, 0.5) is 0 Å². The molecule has 27 heavy (non-hydrogen) atoms. The molecule has 1 amide bonds. The minimum absolute atomic E-state index is 0.0732. The quantitative estimate of drug-likeness (QED) is 0.690. The van der Waals surface area contributed by atoms with Gasteiger partial charge in [-0.1, -0.05) is 34.1 Å². The Kier molecular flexibility index (Phi) is 4.43. The van der Waals surface area contributed by atoms with Crippen molar-refractivity contribution in [3.05, 3.63) is 73.0 Å². The number of benzene rings is 1. The summed E-state index contributed by atoms with van der Waals surface area (Å²) in [7, 11) is 1.70. The number of carbonyl (C=O) groups excluding carboxylic acids is 1. The first-order valence-electron chi connectivity index (χ1n) is 8.59. The van der Waals surface area contributed by atoms with Gasteiger partial charge in [0.25, 0.3) is 11.5 Å². The Morgan fingerprint density at radius 2 is 2.07 bits per heavy atom. The van der Waals surface area contributed by atoms with Gasteiger partial charge in [0, 0.05) is 30.3 Å². The third-order valence-corrected chi connectivity index (χ3v) is 5.42. The van der Waals surface area contributed by atoms with Crippen molar-refractivity contribution in [3.8, 4) is 0 Å². The second-order valence-electron chi connectivity index (χ2n) is 6.71. The summed E-state index contributed by atoms with van der Waals surface area (Å²) in [6, 6.07) is 9.26. The standard InChI is InChI=1S/C19H17BrN4O3/c1-23(10-11-4-2-3-5-15(11)20)18(26)12-8-14-16(21-9-12)24(13-6-7-13)19(27)22-17(14)25/h2-5,8-9,13H,6-7,10H2,1H3,(H,22,25,27). The number of hydrogen-bond donors (Lipinski definition) is 1. The van der Waals surface area contributed by atoms with Crippen LogP contribution in [0.3, 0.4) is 0 Å². The van der Waals surface area contributed by atoms with Crippen LogP contribution in [0.5, 0.6) is 0 Å². The highest BCUT2D eigenvalue weighted by Gasteiger charge is 2.28. The zero-order valence-electron chi connectivity index (χ0n) is 14.6. The van der Waals surface area contributed by atoms with E-state index in [1.807, 2.05) is 24.3 Å². The van der Waals surface area contributed by atoms with E-state index in [4.69, 9.17) is 0 Å². The fourth-order valence-electron chi connectivity index (χ4n) is 3.10. The lowest BCUT2D eigenvalue weighted by atomic mass is 10.1. The van der Waals surface area contributed by atoms with Gasteiger partial charge in [-0.3, -0.25) is 19.1 Å². The van der Waals surface area contributed by atoms with Crippen LogP contribution in [-0.2, 0) is 6.54 Å². The fraction of sp³-hybridized carbons (Fsp3) is 0.263. The molecule has 2 aromatic heterocycles. The monoisotopic (exact) mass is 428 g/mol. The molecule has 7 nitrogen and oxygen atoms in total. The zero-order chi connectivity index (χ0) is 19.1. The van der Waals surface area contributed by atoms with Crippen LogP contribution in [0.25, 0.3) is 11.0 Å². The minimum atomic E-state index is -0.525. The van der Waals surface area contributed by atoms with Gasteiger partial charge in [0.1, 0.15) is 5.65 Å². The smallest absolute Gasteiger partial charge is 0.330 e. The number of fused-ring (bicyclic) bond motifs is 1. The lowest BCUT2D eigenvalue weighted by Crippen LogP contribution is -2.31. The van der Waals surface area contributed by atoms with Crippen LogP contribution in [0, 0.1) is 0 Å². The molecule has 0 radical (unpaired) electrons. The predicted octanol–water partition coefficient (Wildman–Crippen LogP) is 2.45. The number of amides is 1. The molecule has 0 atom stereocenters. The maximum absolute atomic E-state index is 12.8. The summed E-state index contributed by atoms with van der Waals surface area (Å²) in [6.07, 6.45) is 3.20. The SMILES string of the molecule is CN(Cc1ccccc1Br)C(=O)c1cnc2c(c1)c(=O)[nH]c(=O)n2C1CC1. The van der Waals surface area contributed by atoms with Crippen molar-refractivity contribution < 1.29 is 4.79 Å². The molecular weight excluding hydrogens is 412 g/mol. The summed E-state index contributed by atoms with van der Waals surface area (Å²) in [4.78, 5) is 45.3. The van der Waals surface area contributed by atoms with E-state index in [2.05, 4.69) is 25.9 Å². The van der Waals surface area contributed by atoms with Gasteiger partial charge in [-0.05, 0) is 30.5 Å². The van der Waals surface area contributed by atoms with Crippen LogP contribution in [0.2, 0.25) is 0 Å². The van der Waals surface area contributed by atoms with Gasteiger partial charge < -0.3 is 4.90 Å². The summed E-state index contributed by atoms with van der Waals surface area (Å²) < 4.78 is 2.43. The van der Waals surface area contributed by atoms with Gasteiger partial charge in [0.15, 0.2) is 0 Å². The Balaban J connectivity index is 1.69. The summed E-state index contributed by atoms with van der Waals surface area (Å²) in [5.74, 6) is -0.247. The fourth-order valence-corrected chi connectivity index (χ4v) is 3.51. The Morgan fingerprint density at radius 1 is 1.33 bits per heavy atom. The molecule has 1 saturated carbocycles. The molecule has 3 aromatic rings. The number of nitrogens with one attached hydrogen (secondary N) is 1. The summed E-state index contributed by atoms with van der Waals surface area (Å²) in [5, 5.41) is 0.252. The number of hydrogen-bond acceptors (Lipinski definition) is 4. The molecule has 0 saturated heterocycles. The number of pyridine rings is 1. The van der Waals surface area contributed by atoms with E-state index in [1.165, 1.54) is 16.8 Å². The van der Waals surface area contributed by atoms with E-state index in [9.17, 15) is 14.4 Å². The number of aromatic nitrogens is 3. The van der Waals surface area contributed by atoms with E-state index < -0.39 is 11.2 Å². The number of rotatable bonds is 4. The van der Waals surface area contributed by atoms with Crippen LogP contribution < -0.4 is 11.2 Å². The zero-order valence-corrected chi connectivity index (χ0v) is 16.2. The van der Waals surface area contributed by atoms with Gasteiger partial charge in [-0.15, -0.1) is 0 Å². The highest BCUT2D eigenvalue weighted by Crippen LogP contribution is 2.34. The highest BCUT2D eigenvalue weighted by atomic mass is 79.9. The first-order chi connectivity index (χ1) is 13.0. The van der Waals surface area contributed by atoms with Crippen molar-refractivity contribution in [3.63, 3.8) is 0 Å². The van der Waals surface area contributed by atoms with Crippen LogP contribution >= 0.6 is 15.9 Å². The van der Waals surface area contributed by atoms with Crippen molar-refractivity contribution in [1.29, 1.82) is 0 Å². The molecule has 2 heterocycles. The number of aromatic amines is 1. The third kappa shape index (κ3) is 3.32. The topological polar surface area (TPSA) is 88.1 Å². The van der Waals surface area contributed by atoms with Gasteiger partial charge in [-0.2, -0.15) is 0 Å². The maximum atomic E-state index is 12.8.